The molecule has 0 heterocycles. The molecule has 2 atom stereocenters. The van der Waals surface area contributed by atoms with Gasteiger partial charge in [0.1, 0.15) is 5.82 Å². The molecule has 148 valence electrons. The molecule has 0 spiro atoms. The Hall–Kier alpha value is -1.99. The number of aliphatic carboxylic acids is 1. The molecule has 27 heavy (non-hydrogen) atoms. The zero-order valence-electron chi connectivity index (χ0n) is 15.2. The van der Waals surface area contributed by atoms with Crippen LogP contribution < -0.4 is 4.72 Å². The lowest BCUT2D eigenvalue weighted by molar-refractivity contribution is -0.137. The number of carboxylic acid groups (broad SMARTS) is 1. The van der Waals surface area contributed by atoms with E-state index in [2.05, 4.69) is 10.8 Å². The lowest BCUT2D eigenvalue weighted by atomic mass is 9.86. The van der Waals surface area contributed by atoms with Crippen LogP contribution in [0.15, 0.2) is 41.8 Å². The molecule has 7 heteroatoms. The summed E-state index contributed by atoms with van der Waals surface area (Å²) in [5.74, 6) is -0.848. The summed E-state index contributed by atoms with van der Waals surface area (Å²) in [7, 11) is -3.57. The molecular formula is C20H26FNO4S. The van der Waals surface area contributed by atoms with E-state index in [0.717, 1.165) is 37.5 Å². The van der Waals surface area contributed by atoms with E-state index in [-0.39, 0.29) is 18.3 Å². The molecule has 1 aromatic carbocycles. The van der Waals surface area contributed by atoms with E-state index < -0.39 is 16.0 Å². The fourth-order valence-corrected chi connectivity index (χ4v) is 4.28. The second kappa shape index (κ2) is 10.4. The van der Waals surface area contributed by atoms with Gasteiger partial charge in [0, 0.05) is 17.9 Å². The molecule has 0 amide bonds. The van der Waals surface area contributed by atoms with Crippen LogP contribution in [0, 0.1) is 11.7 Å². The Kier molecular flexibility index (Phi) is 8.19. The summed E-state index contributed by atoms with van der Waals surface area (Å²) in [5, 5.41) is 9.74. The second-order valence-electron chi connectivity index (χ2n) is 6.85. The fraction of sp³-hybridized carbons (Fsp3) is 0.450. The first-order valence-corrected chi connectivity index (χ1v) is 10.7. The number of sulfonamides is 1. The van der Waals surface area contributed by atoms with Crippen LogP contribution in [0.3, 0.4) is 0 Å². The maximum atomic E-state index is 12.9. The lowest BCUT2D eigenvalue weighted by Gasteiger charge is -2.27. The van der Waals surface area contributed by atoms with Crippen molar-refractivity contribution in [3.05, 3.63) is 53.2 Å². The van der Waals surface area contributed by atoms with Gasteiger partial charge in [-0.1, -0.05) is 30.7 Å². The highest BCUT2D eigenvalue weighted by atomic mass is 32.2. The quantitative estimate of drug-likeness (QED) is 0.487. The first kappa shape index (κ1) is 21.3. The zero-order valence-corrected chi connectivity index (χ0v) is 16.0. The monoisotopic (exact) mass is 395 g/mol. The molecule has 1 aliphatic carbocycles. The number of allylic oxidation sites excluding steroid dienone is 2. The summed E-state index contributed by atoms with van der Waals surface area (Å²) in [6, 6.07) is 5.50. The number of halogens is 1. The van der Waals surface area contributed by atoms with Crippen LogP contribution in [0.25, 0.3) is 6.08 Å². The average Bonchev–Trinajstić information content (AvgIpc) is 2.61. The van der Waals surface area contributed by atoms with Gasteiger partial charge in [-0.15, -0.1) is 0 Å². The van der Waals surface area contributed by atoms with Gasteiger partial charge >= 0.3 is 5.97 Å². The number of hydrogen-bond donors (Lipinski definition) is 2. The third-order valence-corrected chi connectivity index (χ3v) is 5.68. The minimum absolute atomic E-state index is 0.115. The van der Waals surface area contributed by atoms with Crippen LogP contribution in [0.1, 0.15) is 50.5 Å². The van der Waals surface area contributed by atoms with Crippen LogP contribution in [0.2, 0.25) is 0 Å². The van der Waals surface area contributed by atoms with Crippen molar-refractivity contribution in [1.29, 1.82) is 0 Å². The van der Waals surface area contributed by atoms with Crippen LogP contribution in [0.4, 0.5) is 4.39 Å². The van der Waals surface area contributed by atoms with Gasteiger partial charge in [-0.25, -0.2) is 17.5 Å². The highest BCUT2D eigenvalue weighted by Gasteiger charge is 2.23. The van der Waals surface area contributed by atoms with E-state index in [0.29, 0.717) is 17.9 Å². The molecule has 0 aromatic heterocycles. The highest BCUT2D eigenvalue weighted by Crippen LogP contribution is 2.26. The van der Waals surface area contributed by atoms with Gasteiger partial charge in [0.05, 0.1) is 0 Å². The number of carbonyl (C=O) groups is 1. The molecule has 0 bridgehead atoms. The molecule has 1 fully saturated rings. The molecule has 5 nitrogen and oxygen atoms in total. The van der Waals surface area contributed by atoms with E-state index in [9.17, 15) is 17.6 Å². The Morgan fingerprint density at radius 1 is 1.26 bits per heavy atom. The SMILES string of the molecule is O=C(O)CCCC=CC1CCCC(NS(=O)(=O)C=Cc2ccc(F)cc2)C1. The molecule has 2 unspecified atom stereocenters. The first-order valence-electron chi connectivity index (χ1n) is 9.18. The van der Waals surface area contributed by atoms with Gasteiger partial charge in [0.15, 0.2) is 0 Å². The predicted molar refractivity (Wildman–Crippen MR) is 104 cm³/mol. The predicted octanol–water partition coefficient (Wildman–Crippen LogP) is 4.09. The van der Waals surface area contributed by atoms with E-state index >= 15 is 0 Å². The molecule has 0 radical (unpaired) electrons. The first-order chi connectivity index (χ1) is 12.8. The maximum Gasteiger partial charge on any atom is 0.303 e. The minimum atomic E-state index is -3.57. The molecule has 2 rings (SSSR count). The summed E-state index contributed by atoms with van der Waals surface area (Å²) in [6.45, 7) is 0. The normalized spacial score (nSPS) is 21.1. The van der Waals surface area contributed by atoms with E-state index in [1.54, 1.807) is 0 Å². The summed E-state index contributed by atoms with van der Waals surface area (Å²) >= 11 is 0. The number of hydrogen-bond acceptors (Lipinski definition) is 3. The van der Waals surface area contributed by atoms with Gasteiger partial charge in [-0.3, -0.25) is 4.79 Å². The van der Waals surface area contributed by atoms with Gasteiger partial charge in [-0.05, 0) is 61.8 Å². The second-order valence-corrected chi connectivity index (χ2v) is 8.45. The van der Waals surface area contributed by atoms with Crippen molar-refractivity contribution in [2.75, 3.05) is 0 Å². The molecular weight excluding hydrogens is 369 g/mol. The van der Waals surface area contributed by atoms with Gasteiger partial charge in [-0.2, -0.15) is 0 Å². The van der Waals surface area contributed by atoms with Gasteiger partial charge < -0.3 is 5.11 Å². The van der Waals surface area contributed by atoms with Crippen molar-refractivity contribution in [2.24, 2.45) is 5.92 Å². The Labute approximate surface area is 160 Å². The van der Waals surface area contributed by atoms with Crippen molar-refractivity contribution < 1.29 is 22.7 Å². The zero-order chi connectivity index (χ0) is 19.7. The third kappa shape index (κ3) is 8.49. The van der Waals surface area contributed by atoms with E-state index in [1.807, 2.05) is 6.08 Å². The van der Waals surface area contributed by atoms with Crippen LogP contribution >= 0.6 is 0 Å². The van der Waals surface area contributed by atoms with Crippen LogP contribution in [-0.4, -0.2) is 25.5 Å². The van der Waals surface area contributed by atoms with Crippen LogP contribution in [-0.2, 0) is 14.8 Å². The van der Waals surface area contributed by atoms with Crippen molar-refractivity contribution >= 4 is 22.1 Å². The van der Waals surface area contributed by atoms with Crippen molar-refractivity contribution in [3.63, 3.8) is 0 Å². The Morgan fingerprint density at radius 2 is 2.00 bits per heavy atom. The summed E-state index contributed by atoms with van der Waals surface area (Å²) in [4.78, 5) is 10.5. The minimum Gasteiger partial charge on any atom is -0.481 e. The smallest absolute Gasteiger partial charge is 0.303 e. The van der Waals surface area contributed by atoms with Crippen LogP contribution in [0.5, 0.6) is 0 Å². The largest absolute Gasteiger partial charge is 0.481 e. The Morgan fingerprint density at radius 3 is 2.70 bits per heavy atom. The van der Waals surface area contributed by atoms with Gasteiger partial charge in [0.2, 0.25) is 10.0 Å². The number of rotatable bonds is 9. The molecule has 1 aromatic rings. The third-order valence-electron chi connectivity index (χ3n) is 4.53. The Balaban J connectivity index is 1.83. The Bertz CT molecular complexity index is 772. The van der Waals surface area contributed by atoms with Crippen molar-refractivity contribution in [2.45, 2.75) is 51.0 Å². The molecule has 2 N–H and O–H groups in total. The summed E-state index contributed by atoms with van der Waals surface area (Å²) in [6.07, 6.45) is 10.5. The number of nitrogens with one attached hydrogen (secondary N) is 1. The maximum absolute atomic E-state index is 12.9. The highest BCUT2D eigenvalue weighted by molar-refractivity contribution is 7.92. The number of benzene rings is 1. The molecule has 0 saturated heterocycles. The van der Waals surface area contributed by atoms with E-state index in [4.69, 9.17) is 5.11 Å². The number of unbranched alkanes of at least 4 members (excludes halogenated alkanes) is 1. The lowest BCUT2D eigenvalue weighted by Crippen LogP contribution is -2.37. The van der Waals surface area contributed by atoms with Crippen molar-refractivity contribution in [1.82, 2.24) is 4.72 Å². The molecule has 0 aliphatic heterocycles. The topological polar surface area (TPSA) is 83.5 Å². The fourth-order valence-electron chi connectivity index (χ4n) is 3.18. The average molecular weight is 395 g/mol. The van der Waals surface area contributed by atoms with Crippen molar-refractivity contribution in [3.8, 4) is 0 Å². The molecule has 1 aliphatic rings. The summed E-state index contributed by atoms with van der Waals surface area (Å²) in [5.41, 5.74) is 0.618. The van der Waals surface area contributed by atoms with E-state index in [1.165, 1.54) is 30.3 Å². The van der Waals surface area contributed by atoms with Gasteiger partial charge in [0.25, 0.3) is 0 Å². The summed E-state index contributed by atoms with van der Waals surface area (Å²) < 4.78 is 40.1. The standard InChI is InChI=1S/C20H26FNO4S/c21-18-11-9-16(10-12-18)13-14-27(25,26)22-19-7-4-6-17(15-19)5-2-1-3-8-20(23)24/h2,5,9-14,17,19,22H,1,3-4,6-8,15H2,(H,23,24). The molecule has 1 saturated carbocycles. The number of carboxylic acids is 1.